The van der Waals surface area contributed by atoms with Gasteiger partial charge in [-0.1, -0.05) is 12.5 Å². The van der Waals surface area contributed by atoms with Crippen LogP contribution >= 0.6 is 0 Å². The summed E-state index contributed by atoms with van der Waals surface area (Å²) in [5.74, 6) is 1.64. The van der Waals surface area contributed by atoms with Crippen LogP contribution in [0.15, 0.2) is 11.5 Å². The summed E-state index contributed by atoms with van der Waals surface area (Å²) in [7, 11) is 5.12. The standard InChI is InChI=1S/C5H9B/c1-3-5(2)4-6/h4H,3H2,1-2H3. The molecule has 0 heterocycles. The Morgan fingerprint density at radius 2 is 2.33 bits per heavy atom. The van der Waals surface area contributed by atoms with Gasteiger partial charge in [-0.15, -0.1) is 5.98 Å². The molecule has 1 heteroatoms. The molecule has 0 nitrogen and oxygen atoms in total. The summed E-state index contributed by atoms with van der Waals surface area (Å²) < 4.78 is 0. The molecule has 0 aromatic rings. The van der Waals surface area contributed by atoms with Gasteiger partial charge in [0.05, 0.1) is 0 Å². The van der Waals surface area contributed by atoms with Crippen molar-refractivity contribution in [3.05, 3.63) is 11.5 Å². The highest BCUT2D eigenvalue weighted by atomic mass is 13.8. The average molecular weight is 79.9 g/mol. The fourth-order valence-corrected chi connectivity index (χ4v) is 0.118. The van der Waals surface area contributed by atoms with Gasteiger partial charge in [0.2, 0.25) is 0 Å². The average Bonchev–Trinajstić information content (AvgIpc) is 1.65. The molecule has 0 saturated carbocycles. The van der Waals surface area contributed by atoms with Gasteiger partial charge in [-0.3, -0.25) is 0 Å². The largest absolute Gasteiger partial charge is 0.133 e. The number of rotatable bonds is 1. The SMILES string of the molecule is [B]C=C(C)CC. The zero-order valence-corrected chi connectivity index (χ0v) is 4.36. The van der Waals surface area contributed by atoms with Crippen molar-refractivity contribution < 1.29 is 0 Å². The van der Waals surface area contributed by atoms with Crippen LogP contribution in [0.4, 0.5) is 0 Å². The number of hydrogen-bond donors (Lipinski definition) is 0. The third-order valence-corrected chi connectivity index (χ3v) is 0.842. The van der Waals surface area contributed by atoms with E-state index in [9.17, 15) is 0 Å². The minimum absolute atomic E-state index is 1.07. The topological polar surface area (TPSA) is 0 Å². The summed E-state index contributed by atoms with van der Waals surface area (Å²) in [5, 5.41) is 0. The molecule has 0 fully saturated rings. The molecule has 0 aliphatic carbocycles. The van der Waals surface area contributed by atoms with E-state index in [2.05, 4.69) is 6.92 Å². The van der Waals surface area contributed by atoms with Gasteiger partial charge in [-0.25, -0.2) is 0 Å². The predicted octanol–water partition coefficient (Wildman–Crippen LogP) is 1.47. The summed E-state index contributed by atoms with van der Waals surface area (Å²) in [4.78, 5) is 0. The molecule has 0 unspecified atom stereocenters. The first kappa shape index (κ1) is 5.80. The van der Waals surface area contributed by atoms with Crippen LogP contribution in [0, 0.1) is 0 Å². The van der Waals surface area contributed by atoms with E-state index in [-0.39, 0.29) is 0 Å². The minimum atomic E-state index is 1.07. The van der Waals surface area contributed by atoms with E-state index < -0.39 is 0 Å². The van der Waals surface area contributed by atoms with E-state index in [1.54, 1.807) is 5.98 Å². The van der Waals surface area contributed by atoms with Gasteiger partial charge in [0, 0.05) is 0 Å². The van der Waals surface area contributed by atoms with Crippen LogP contribution in [-0.2, 0) is 0 Å². The second-order valence-corrected chi connectivity index (χ2v) is 1.37. The quantitative estimate of drug-likeness (QED) is 0.418. The molecule has 0 aromatic heterocycles. The summed E-state index contributed by atoms with van der Waals surface area (Å²) in [5.41, 5.74) is 1.25. The van der Waals surface area contributed by atoms with Gasteiger partial charge in [0.15, 0.2) is 0 Å². The minimum Gasteiger partial charge on any atom is -0.133 e. The predicted molar refractivity (Wildman–Crippen MR) is 29.8 cm³/mol. The Morgan fingerprint density at radius 1 is 1.83 bits per heavy atom. The monoisotopic (exact) mass is 80.1 g/mol. The first-order chi connectivity index (χ1) is 2.81. The molecule has 0 saturated heterocycles. The molecule has 0 aliphatic rings. The van der Waals surface area contributed by atoms with Crippen LogP contribution in [0.5, 0.6) is 0 Å². The molecule has 0 spiro atoms. The molecule has 2 radical (unpaired) electrons. The van der Waals surface area contributed by atoms with Crippen LogP contribution in [0.2, 0.25) is 0 Å². The molecule has 0 N–H and O–H groups in total. The summed E-state index contributed by atoms with van der Waals surface area (Å²) in [6.45, 7) is 4.10. The van der Waals surface area contributed by atoms with Crippen molar-refractivity contribution in [1.29, 1.82) is 0 Å². The van der Waals surface area contributed by atoms with Crippen molar-refractivity contribution in [2.45, 2.75) is 20.3 Å². The Hall–Kier alpha value is -0.195. The lowest BCUT2D eigenvalue weighted by Gasteiger charge is -1.85. The van der Waals surface area contributed by atoms with Crippen molar-refractivity contribution in [2.75, 3.05) is 0 Å². The summed E-state index contributed by atoms with van der Waals surface area (Å²) in [6.07, 6.45) is 1.07. The van der Waals surface area contributed by atoms with E-state index in [1.165, 1.54) is 5.57 Å². The third kappa shape index (κ3) is 2.07. The smallest absolute Gasteiger partial charge is 0.102 e. The second kappa shape index (κ2) is 3.01. The van der Waals surface area contributed by atoms with Crippen LogP contribution in [0.1, 0.15) is 20.3 Å². The lowest BCUT2D eigenvalue weighted by Crippen LogP contribution is -1.67. The number of hydrogen-bond acceptors (Lipinski definition) is 0. The fraction of sp³-hybridized carbons (Fsp3) is 0.600. The molecule has 0 atom stereocenters. The van der Waals surface area contributed by atoms with Crippen molar-refractivity contribution >= 4 is 7.85 Å². The maximum atomic E-state index is 5.12. The van der Waals surface area contributed by atoms with Gasteiger partial charge in [0.1, 0.15) is 7.85 Å². The zero-order chi connectivity index (χ0) is 4.99. The van der Waals surface area contributed by atoms with Crippen LogP contribution in [-0.4, -0.2) is 7.85 Å². The van der Waals surface area contributed by atoms with Crippen molar-refractivity contribution in [3.63, 3.8) is 0 Å². The highest BCUT2D eigenvalue weighted by Gasteiger charge is 1.72. The van der Waals surface area contributed by atoms with Gasteiger partial charge >= 0.3 is 0 Å². The van der Waals surface area contributed by atoms with Crippen molar-refractivity contribution in [3.8, 4) is 0 Å². The van der Waals surface area contributed by atoms with Gasteiger partial charge in [-0.2, -0.15) is 0 Å². The molecule has 6 heavy (non-hydrogen) atoms. The Balaban J connectivity index is 3.22. The molecule has 0 bridgehead atoms. The van der Waals surface area contributed by atoms with E-state index >= 15 is 0 Å². The molecule has 0 aromatic carbocycles. The molecular formula is C5H9B. The highest BCUT2D eigenvalue weighted by Crippen LogP contribution is 1.92. The number of allylic oxidation sites excluding steroid dienone is 1. The fourth-order valence-electron chi connectivity index (χ4n) is 0.118. The Kier molecular flexibility index (Phi) is 2.92. The van der Waals surface area contributed by atoms with Crippen LogP contribution in [0.3, 0.4) is 0 Å². The second-order valence-electron chi connectivity index (χ2n) is 1.37. The first-order valence-corrected chi connectivity index (χ1v) is 2.18. The van der Waals surface area contributed by atoms with Gasteiger partial charge in [-0.05, 0) is 13.3 Å². The Morgan fingerprint density at radius 3 is 2.33 bits per heavy atom. The van der Waals surface area contributed by atoms with Gasteiger partial charge in [0.25, 0.3) is 0 Å². The molecular weight excluding hydrogens is 70.9 g/mol. The molecule has 0 rings (SSSR count). The maximum absolute atomic E-state index is 5.12. The van der Waals surface area contributed by atoms with E-state index in [0.717, 1.165) is 6.42 Å². The molecule has 0 aliphatic heterocycles. The van der Waals surface area contributed by atoms with Crippen molar-refractivity contribution in [2.24, 2.45) is 0 Å². The van der Waals surface area contributed by atoms with E-state index in [0.29, 0.717) is 0 Å². The normalized spacial score (nSPS) is 12.0. The van der Waals surface area contributed by atoms with Crippen LogP contribution < -0.4 is 0 Å². The Bertz CT molecular complexity index is 55.0. The first-order valence-electron chi connectivity index (χ1n) is 2.18. The van der Waals surface area contributed by atoms with Crippen molar-refractivity contribution in [1.82, 2.24) is 0 Å². The Labute approximate surface area is 40.7 Å². The molecule has 32 valence electrons. The van der Waals surface area contributed by atoms with Gasteiger partial charge < -0.3 is 0 Å². The van der Waals surface area contributed by atoms with E-state index in [4.69, 9.17) is 7.85 Å². The van der Waals surface area contributed by atoms with E-state index in [1.807, 2.05) is 6.92 Å². The summed E-state index contributed by atoms with van der Waals surface area (Å²) >= 11 is 0. The molecule has 0 amide bonds. The summed E-state index contributed by atoms with van der Waals surface area (Å²) in [6, 6.07) is 0. The van der Waals surface area contributed by atoms with Crippen LogP contribution in [0.25, 0.3) is 0 Å². The lowest BCUT2D eigenvalue weighted by molar-refractivity contribution is 1.11. The lowest BCUT2D eigenvalue weighted by atomic mass is 10.0. The maximum Gasteiger partial charge on any atom is 0.102 e. The highest BCUT2D eigenvalue weighted by molar-refractivity contribution is 6.17. The third-order valence-electron chi connectivity index (χ3n) is 0.842. The zero-order valence-electron chi connectivity index (χ0n) is 4.36.